The highest BCUT2D eigenvalue weighted by Crippen LogP contribution is 2.26. The molecular formula is C15H23N3O2S2. The van der Waals surface area contributed by atoms with Gasteiger partial charge in [-0.3, -0.25) is 4.79 Å². The van der Waals surface area contributed by atoms with E-state index in [0.717, 1.165) is 32.3 Å². The molecule has 0 unspecified atom stereocenters. The van der Waals surface area contributed by atoms with Crippen molar-refractivity contribution in [2.75, 3.05) is 12.3 Å². The Morgan fingerprint density at radius 2 is 2.09 bits per heavy atom. The Kier molecular flexibility index (Phi) is 5.15. The molecule has 3 rings (SSSR count). The molecule has 1 saturated carbocycles. The normalized spacial score (nSPS) is 22.8. The summed E-state index contributed by atoms with van der Waals surface area (Å²) in [6.45, 7) is 1.45. The molecule has 1 aliphatic heterocycles. The van der Waals surface area contributed by atoms with Crippen molar-refractivity contribution in [3.8, 4) is 0 Å². The smallest absolute Gasteiger partial charge is 0.265 e. The van der Waals surface area contributed by atoms with Gasteiger partial charge in [0.15, 0.2) is 3.95 Å². The van der Waals surface area contributed by atoms with Gasteiger partial charge in [0.05, 0.1) is 12.6 Å². The van der Waals surface area contributed by atoms with Gasteiger partial charge in [-0.1, -0.05) is 30.6 Å². The number of nitrogen functional groups attached to an aromatic ring is 1. The van der Waals surface area contributed by atoms with E-state index in [1.165, 1.54) is 30.6 Å². The average molecular weight is 342 g/mol. The van der Waals surface area contributed by atoms with Crippen LogP contribution >= 0.6 is 23.6 Å². The molecule has 1 amide bonds. The number of carbonyl (C=O) groups is 1. The Morgan fingerprint density at radius 1 is 1.32 bits per heavy atom. The van der Waals surface area contributed by atoms with Crippen molar-refractivity contribution in [2.24, 2.45) is 0 Å². The van der Waals surface area contributed by atoms with Crippen molar-refractivity contribution in [1.29, 1.82) is 0 Å². The lowest BCUT2D eigenvalue weighted by Crippen LogP contribution is -2.36. The SMILES string of the molecule is Nc1c(C(=O)NC2CCCCC2)sc(=S)n1C[C@@H]1CCCO1. The van der Waals surface area contributed by atoms with Crippen LogP contribution in [0.2, 0.25) is 0 Å². The highest BCUT2D eigenvalue weighted by Gasteiger charge is 2.23. The molecule has 2 fully saturated rings. The second-order valence-electron chi connectivity index (χ2n) is 6.14. The molecule has 5 nitrogen and oxygen atoms in total. The predicted molar refractivity (Wildman–Crippen MR) is 90.9 cm³/mol. The number of nitrogens with two attached hydrogens (primary N) is 1. The zero-order valence-electron chi connectivity index (χ0n) is 12.7. The van der Waals surface area contributed by atoms with E-state index in [1.807, 2.05) is 4.57 Å². The number of nitrogens with zero attached hydrogens (tertiary/aromatic N) is 1. The topological polar surface area (TPSA) is 69.3 Å². The summed E-state index contributed by atoms with van der Waals surface area (Å²) in [5.74, 6) is 0.408. The maximum Gasteiger partial charge on any atom is 0.265 e. The molecule has 2 heterocycles. The number of carbonyl (C=O) groups excluding carboxylic acids is 1. The number of nitrogens with one attached hydrogen (secondary N) is 1. The summed E-state index contributed by atoms with van der Waals surface area (Å²) in [5.41, 5.74) is 6.18. The Balaban J connectivity index is 1.70. The van der Waals surface area contributed by atoms with Gasteiger partial charge < -0.3 is 20.4 Å². The number of hydrogen-bond donors (Lipinski definition) is 2. The van der Waals surface area contributed by atoms with E-state index >= 15 is 0 Å². The molecule has 2 aliphatic rings. The number of aromatic nitrogens is 1. The summed E-state index contributed by atoms with van der Waals surface area (Å²) in [5, 5.41) is 3.11. The summed E-state index contributed by atoms with van der Waals surface area (Å²) >= 11 is 6.69. The predicted octanol–water partition coefficient (Wildman–Crippen LogP) is 3.10. The molecule has 0 bridgehead atoms. The van der Waals surface area contributed by atoms with Crippen LogP contribution in [0.1, 0.15) is 54.6 Å². The summed E-state index contributed by atoms with van der Waals surface area (Å²) in [4.78, 5) is 13.0. The second kappa shape index (κ2) is 7.10. The average Bonchev–Trinajstić information content (AvgIpc) is 3.12. The minimum atomic E-state index is -0.0772. The molecule has 0 radical (unpaired) electrons. The molecular weight excluding hydrogens is 318 g/mol. The lowest BCUT2D eigenvalue weighted by molar-refractivity contribution is 0.0926. The standard InChI is InChI=1S/C15H23N3O2S2/c16-13-12(14(19)17-10-5-2-1-3-6-10)22-15(21)18(13)9-11-7-4-8-20-11/h10-11H,1-9,16H2,(H,17,19)/t11-/m0/s1. The summed E-state index contributed by atoms with van der Waals surface area (Å²) in [6, 6.07) is 0.280. The fourth-order valence-electron chi connectivity index (χ4n) is 3.24. The largest absolute Gasteiger partial charge is 0.384 e. The Morgan fingerprint density at radius 3 is 2.77 bits per heavy atom. The molecule has 1 aromatic heterocycles. The lowest BCUT2D eigenvalue weighted by atomic mass is 9.95. The first kappa shape index (κ1) is 16.0. The minimum absolute atomic E-state index is 0.0772. The van der Waals surface area contributed by atoms with Crippen LogP contribution in [0.3, 0.4) is 0 Å². The van der Waals surface area contributed by atoms with E-state index in [0.29, 0.717) is 21.2 Å². The van der Waals surface area contributed by atoms with E-state index in [4.69, 9.17) is 22.7 Å². The third kappa shape index (κ3) is 3.52. The number of hydrogen-bond acceptors (Lipinski definition) is 5. The molecule has 1 aromatic rings. The van der Waals surface area contributed by atoms with Crippen LogP contribution in [0.4, 0.5) is 5.82 Å². The monoisotopic (exact) mass is 341 g/mol. The molecule has 1 atom stereocenters. The first-order valence-corrected chi connectivity index (χ1v) is 9.29. The Hall–Kier alpha value is -0.920. The van der Waals surface area contributed by atoms with Gasteiger partial charge >= 0.3 is 0 Å². The van der Waals surface area contributed by atoms with Crippen molar-refractivity contribution in [1.82, 2.24) is 9.88 Å². The Bertz CT molecular complexity index is 584. The van der Waals surface area contributed by atoms with Crippen molar-refractivity contribution in [2.45, 2.75) is 63.6 Å². The van der Waals surface area contributed by atoms with Crippen LogP contribution in [-0.4, -0.2) is 29.2 Å². The van der Waals surface area contributed by atoms with Crippen LogP contribution in [0, 0.1) is 3.95 Å². The lowest BCUT2D eigenvalue weighted by Gasteiger charge is -2.22. The van der Waals surface area contributed by atoms with Gasteiger partial charge in [0, 0.05) is 12.6 Å². The quantitative estimate of drug-likeness (QED) is 0.826. The maximum atomic E-state index is 12.5. The van der Waals surface area contributed by atoms with Gasteiger partial charge in [-0.2, -0.15) is 0 Å². The second-order valence-corrected chi connectivity index (χ2v) is 7.78. The molecule has 0 aromatic carbocycles. The van der Waals surface area contributed by atoms with E-state index in [9.17, 15) is 4.79 Å². The number of ether oxygens (including phenoxy) is 1. The van der Waals surface area contributed by atoms with Crippen molar-refractivity contribution in [3.63, 3.8) is 0 Å². The minimum Gasteiger partial charge on any atom is -0.384 e. The van der Waals surface area contributed by atoms with Crippen molar-refractivity contribution < 1.29 is 9.53 Å². The van der Waals surface area contributed by atoms with Gasteiger partial charge in [0.1, 0.15) is 10.7 Å². The highest BCUT2D eigenvalue weighted by atomic mass is 32.1. The molecule has 122 valence electrons. The molecule has 22 heavy (non-hydrogen) atoms. The number of thiazole rings is 1. The highest BCUT2D eigenvalue weighted by molar-refractivity contribution is 7.73. The molecule has 1 aliphatic carbocycles. The van der Waals surface area contributed by atoms with Crippen molar-refractivity contribution in [3.05, 3.63) is 8.83 Å². The third-order valence-electron chi connectivity index (χ3n) is 4.49. The third-order valence-corrected chi connectivity index (χ3v) is 5.95. The van der Waals surface area contributed by atoms with Crippen LogP contribution < -0.4 is 11.1 Å². The zero-order chi connectivity index (χ0) is 15.5. The summed E-state index contributed by atoms with van der Waals surface area (Å²) in [7, 11) is 0. The zero-order valence-corrected chi connectivity index (χ0v) is 14.3. The van der Waals surface area contributed by atoms with Gasteiger partial charge in [0.2, 0.25) is 0 Å². The van der Waals surface area contributed by atoms with E-state index in [-0.39, 0.29) is 18.1 Å². The van der Waals surface area contributed by atoms with Crippen molar-refractivity contribution >= 4 is 35.3 Å². The van der Waals surface area contributed by atoms with Gasteiger partial charge in [-0.05, 0) is 37.9 Å². The summed E-state index contributed by atoms with van der Waals surface area (Å²) < 4.78 is 8.15. The fourth-order valence-corrected chi connectivity index (χ4v) is 4.49. The number of amides is 1. The fraction of sp³-hybridized carbons (Fsp3) is 0.733. The van der Waals surface area contributed by atoms with Crippen LogP contribution in [0.25, 0.3) is 0 Å². The van der Waals surface area contributed by atoms with Crippen LogP contribution in [-0.2, 0) is 11.3 Å². The molecule has 7 heteroatoms. The number of anilines is 1. The molecule has 1 saturated heterocycles. The van der Waals surface area contributed by atoms with Gasteiger partial charge in [-0.15, -0.1) is 0 Å². The van der Waals surface area contributed by atoms with Gasteiger partial charge in [-0.25, -0.2) is 0 Å². The van der Waals surface area contributed by atoms with E-state index in [2.05, 4.69) is 5.32 Å². The first-order chi connectivity index (χ1) is 10.6. The first-order valence-electron chi connectivity index (χ1n) is 8.06. The maximum absolute atomic E-state index is 12.5. The number of rotatable bonds is 4. The Labute approximate surface area is 139 Å². The molecule has 3 N–H and O–H groups in total. The van der Waals surface area contributed by atoms with E-state index < -0.39 is 0 Å². The van der Waals surface area contributed by atoms with E-state index in [1.54, 1.807) is 0 Å². The van der Waals surface area contributed by atoms with Crippen LogP contribution in [0.5, 0.6) is 0 Å². The summed E-state index contributed by atoms with van der Waals surface area (Å²) in [6.07, 6.45) is 8.05. The van der Waals surface area contributed by atoms with Crippen LogP contribution in [0.15, 0.2) is 0 Å². The van der Waals surface area contributed by atoms with Gasteiger partial charge in [0.25, 0.3) is 5.91 Å². The molecule has 0 spiro atoms.